The molecule has 0 radical (unpaired) electrons. The van der Waals surface area contributed by atoms with Crippen molar-refractivity contribution in [1.29, 1.82) is 0 Å². The van der Waals surface area contributed by atoms with Gasteiger partial charge in [-0.25, -0.2) is 0 Å². The molecular weight excluding hydrogens is 214 g/mol. The maximum atomic E-state index is 11.8. The Morgan fingerprint density at radius 2 is 2.18 bits per heavy atom. The van der Waals surface area contributed by atoms with E-state index in [0.717, 1.165) is 32.6 Å². The molecule has 0 aromatic heterocycles. The molecule has 17 heavy (non-hydrogen) atoms. The monoisotopic (exact) mass is 241 g/mol. The fraction of sp³-hybridized carbons (Fsp3) is 0.923. The van der Waals surface area contributed by atoms with Gasteiger partial charge in [0.1, 0.15) is 0 Å². The van der Waals surface area contributed by atoms with Gasteiger partial charge in [-0.3, -0.25) is 4.79 Å². The molecule has 1 heterocycles. The van der Waals surface area contributed by atoms with Crippen LogP contribution in [0.15, 0.2) is 0 Å². The van der Waals surface area contributed by atoms with Crippen LogP contribution in [0.1, 0.15) is 26.7 Å². The van der Waals surface area contributed by atoms with Gasteiger partial charge in [-0.15, -0.1) is 0 Å². The number of nitrogens with one attached hydrogen (secondary N) is 2. The molecule has 0 aromatic rings. The highest BCUT2D eigenvalue weighted by atomic mass is 16.1. The van der Waals surface area contributed by atoms with Crippen LogP contribution in [0.5, 0.6) is 0 Å². The standard InChI is InChI=1S/C13H27N3O/c1-13(2,10-16(3)4)9-15-12(17)7-11-5-6-14-8-11/h11,14H,5-10H2,1-4H3,(H,15,17). The summed E-state index contributed by atoms with van der Waals surface area (Å²) in [5.74, 6) is 0.734. The molecule has 1 aliphatic heterocycles. The zero-order valence-corrected chi connectivity index (χ0v) is 11.7. The van der Waals surface area contributed by atoms with E-state index in [0.29, 0.717) is 12.3 Å². The quantitative estimate of drug-likeness (QED) is 0.719. The molecule has 0 bridgehead atoms. The molecule has 1 amide bonds. The molecular formula is C13H27N3O. The van der Waals surface area contributed by atoms with Gasteiger partial charge in [0.2, 0.25) is 5.91 Å². The van der Waals surface area contributed by atoms with Crippen molar-refractivity contribution in [2.75, 3.05) is 40.3 Å². The van der Waals surface area contributed by atoms with Crippen LogP contribution in [0.4, 0.5) is 0 Å². The normalized spacial score (nSPS) is 20.9. The molecule has 4 nitrogen and oxygen atoms in total. The van der Waals surface area contributed by atoms with Crippen LogP contribution in [0.25, 0.3) is 0 Å². The third-order valence-corrected chi connectivity index (χ3v) is 3.14. The van der Waals surface area contributed by atoms with E-state index in [4.69, 9.17) is 0 Å². The van der Waals surface area contributed by atoms with E-state index in [1.165, 1.54) is 0 Å². The summed E-state index contributed by atoms with van der Waals surface area (Å²) in [6.07, 6.45) is 1.81. The van der Waals surface area contributed by atoms with Gasteiger partial charge in [0.25, 0.3) is 0 Å². The van der Waals surface area contributed by atoms with Crippen LogP contribution in [0, 0.1) is 11.3 Å². The smallest absolute Gasteiger partial charge is 0.220 e. The molecule has 1 saturated heterocycles. The van der Waals surface area contributed by atoms with E-state index in [9.17, 15) is 4.79 Å². The van der Waals surface area contributed by atoms with Gasteiger partial charge in [0.05, 0.1) is 0 Å². The SMILES string of the molecule is CN(C)CC(C)(C)CNC(=O)CC1CCNC1. The molecule has 1 rings (SSSR count). The summed E-state index contributed by atoms with van der Waals surface area (Å²) in [5.41, 5.74) is 0.132. The second kappa shape index (κ2) is 6.36. The minimum Gasteiger partial charge on any atom is -0.356 e. The summed E-state index contributed by atoms with van der Waals surface area (Å²) in [7, 11) is 4.13. The van der Waals surface area contributed by atoms with Crippen molar-refractivity contribution >= 4 is 5.91 Å². The first-order valence-corrected chi connectivity index (χ1v) is 6.51. The lowest BCUT2D eigenvalue weighted by atomic mass is 9.92. The van der Waals surface area contributed by atoms with E-state index < -0.39 is 0 Å². The zero-order chi connectivity index (χ0) is 12.9. The zero-order valence-electron chi connectivity index (χ0n) is 11.7. The molecule has 1 fully saturated rings. The Balaban J connectivity index is 2.22. The lowest BCUT2D eigenvalue weighted by molar-refractivity contribution is -0.122. The van der Waals surface area contributed by atoms with E-state index in [1.54, 1.807) is 0 Å². The highest BCUT2D eigenvalue weighted by Crippen LogP contribution is 2.15. The average molecular weight is 241 g/mol. The Labute approximate surface area is 105 Å². The van der Waals surface area contributed by atoms with E-state index in [1.807, 2.05) is 0 Å². The number of carbonyl (C=O) groups excluding carboxylic acids is 1. The molecule has 0 saturated carbocycles. The first-order chi connectivity index (χ1) is 7.89. The summed E-state index contributed by atoms with van der Waals surface area (Å²) < 4.78 is 0. The first-order valence-electron chi connectivity index (χ1n) is 6.51. The van der Waals surface area contributed by atoms with Crippen LogP contribution in [-0.2, 0) is 4.79 Å². The van der Waals surface area contributed by atoms with Gasteiger partial charge in [0, 0.05) is 19.5 Å². The molecule has 1 aliphatic rings. The van der Waals surface area contributed by atoms with Gasteiger partial charge in [-0.2, -0.15) is 0 Å². The molecule has 0 aromatic carbocycles. The molecule has 0 aliphatic carbocycles. The number of rotatable bonds is 6. The van der Waals surface area contributed by atoms with E-state index in [-0.39, 0.29) is 11.3 Å². The summed E-state index contributed by atoms with van der Waals surface area (Å²) in [5, 5.41) is 6.35. The van der Waals surface area contributed by atoms with E-state index in [2.05, 4.69) is 43.5 Å². The van der Waals surface area contributed by atoms with Gasteiger partial charge < -0.3 is 15.5 Å². The summed E-state index contributed by atoms with van der Waals surface area (Å²) in [6.45, 7) is 8.16. The molecule has 4 heteroatoms. The number of carbonyl (C=O) groups is 1. The second-order valence-electron chi connectivity index (χ2n) is 6.24. The summed E-state index contributed by atoms with van der Waals surface area (Å²) in [6, 6.07) is 0. The lowest BCUT2D eigenvalue weighted by Gasteiger charge is -2.28. The molecule has 1 unspecified atom stereocenters. The van der Waals surface area contributed by atoms with Crippen LogP contribution in [-0.4, -0.2) is 51.1 Å². The Kier molecular flexibility index (Phi) is 5.40. The predicted molar refractivity (Wildman–Crippen MR) is 70.9 cm³/mol. The van der Waals surface area contributed by atoms with Crippen molar-refractivity contribution in [3.63, 3.8) is 0 Å². The highest BCUT2D eigenvalue weighted by Gasteiger charge is 2.22. The Morgan fingerprint density at radius 3 is 2.71 bits per heavy atom. The Morgan fingerprint density at radius 1 is 1.47 bits per heavy atom. The van der Waals surface area contributed by atoms with Gasteiger partial charge in [0.15, 0.2) is 0 Å². The van der Waals surface area contributed by atoms with Crippen LogP contribution < -0.4 is 10.6 Å². The third kappa shape index (κ3) is 6.03. The van der Waals surface area contributed by atoms with E-state index >= 15 is 0 Å². The number of hydrogen-bond acceptors (Lipinski definition) is 3. The van der Waals surface area contributed by atoms with Gasteiger partial charge >= 0.3 is 0 Å². The largest absolute Gasteiger partial charge is 0.356 e. The fourth-order valence-electron chi connectivity index (χ4n) is 2.47. The van der Waals surface area contributed by atoms with Crippen LogP contribution in [0.3, 0.4) is 0 Å². The van der Waals surface area contributed by atoms with Crippen LogP contribution in [0.2, 0.25) is 0 Å². The fourth-order valence-corrected chi connectivity index (χ4v) is 2.47. The number of hydrogen-bond donors (Lipinski definition) is 2. The summed E-state index contributed by atoms with van der Waals surface area (Å²) in [4.78, 5) is 13.9. The molecule has 1 atom stereocenters. The molecule has 2 N–H and O–H groups in total. The summed E-state index contributed by atoms with van der Waals surface area (Å²) >= 11 is 0. The minimum atomic E-state index is 0.132. The molecule has 100 valence electrons. The molecule has 0 spiro atoms. The minimum absolute atomic E-state index is 0.132. The lowest BCUT2D eigenvalue weighted by Crippen LogP contribution is -2.40. The van der Waals surface area contributed by atoms with Crippen LogP contribution >= 0.6 is 0 Å². The Hall–Kier alpha value is -0.610. The highest BCUT2D eigenvalue weighted by molar-refractivity contribution is 5.76. The van der Waals surface area contributed by atoms with Crippen molar-refractivity contribution in [2.24, 2.45) is 11.3 Å². The number of nitrogens with zero attached hydrogens (tertiary/aromatic N) is 1. The van der Waals surface area contributed by atoms with Crippen molar-refractivity contribution < 1.29 is 4.79 Å². The van der Waals surface area contributed by atoms with Crippen molar-refractivity contribution in [1.82, 2.24) is 15.5 Å². The maximum Gasteiger partial charge on any atom is 0.220 e. The maximum absolute atomic E-state index is 11.8. The second-order valence-corrected chi connectivity index (χ2v) is 6.24. The first kappa shape index (κ1) is 14.5. The topological polar surface area (TPSA) is 44.4 Å². The average Bonchev–Trinajstić information content (AvgIpc) is 2.65. The third-order valence-electron chi connectivity index (χ3n) is 3.14. The van der Waals surface area contributed by atoms with Gasteiger partial charge in [-0.05, 0) is 44.9 Å². The van der Waals surface area contributed by atoms with Crippen molar-refractivity contribution in [3.05, 3.63) is 0 Å². The number of amides is 1. The Bertz CT molecular complexity index is 245. The van der Waals surface area contributed by atoms with Crippen molar-refractivity contribution in [3.8, 4) is 0 Å². The predicted octanol–water partition coefficient (Wildman–Crippen LogP) is 0.690. The van der Waals surface area contributed by atoms with Crippen molar-refractivity contribution in [2.45, 2.75) is 26.7 Å². The van der Waals surface area contributed by atoms with Gasteiger partial charge in [-0.1, -0.05) is 13.8 Å².